The smallest absolute Gasteiger partial charge is 0.204 e. The van der Waals surface area contributed by atoms with Crippen LogP contribution >= 0.6 is 0 Å². The van der Waals surface area contributed by atoms with Crippen LogP contribution in [0.1, 0.15) is 21.5 Å². The lowest BCUT2D eigenvalue weighted by atomic mass is 10.0. The summed E-state index contributed by atoms with van der Waals surface area (Å²) in [6, 6.07) is 11.5. The highest BCUT2D eigenvalue weighted by atomic mass is 19.1. The van der Waals surface area contributed by atoms with Crippen molar-refractivity contribution in [2.45, 2.75) is 20.4 Å². The van der Waals surface area contributed by atoms with Gasteiger partial charge in [0.15, 0.2) is 5.78 Å². The fourth-order valence-electron chi connectivity index (χ4n) is 2.27. The van der Waals surface area contributed by atoms with E-state index < -0.39 is 0 Å². The van der Waals surface area contributed by atoms with Crippen molar-refractivity contribution < 1.29 is 9.18 Å². The third-order valence-electron chi connectivity index (χ3n) is 3.53. The van der Waals surface area contributed by atoms with Gasteiger partial charge in [0.05, 0.1) is 0 Å². The number of aromatic nitrogens is 4. The number of rotatable bonds is 4. The van der Waals surface area contributed by atoms with Gasteiger partial charge in [-0.05, 0) is 55.0 Å². The van der Waals surface area contributed by atoms with E-state index in [1.807, 2.05) is 32.0 Å². The molecule has 6 heteroatoms. The van der Waals surface area contributed by atoms with Crippen molar-refractivity contribution in [2.24, 2.45) is 0 Å². The van der Waals surface area contributed by atoms with E-state index in [0.29, 0.717) is 17.0 Å². The molecule has 0 unspecified atom stereocenters. The van der Waals surface area contributed by atoms with E-state index in [4.69, 9.17) is 0 Å². The van der Waals surface area contributed by atoms with Crippen molar-refractivity contribution >= 4 is 5.78 Å². The topological polar surface area (TPSA) is 60.7 Å². The molecule has 2 aromatic carbocycles. The van der Waals surface area contributed by atoms with E-state index in [0.717, 1.165) is 11.1 Å². The summed E-state index contributed by atoms with van der Waals surface area (Å²) in [4.78, 5) is 13.7. The number of tetrazole rings is 1. The van der Waals surface area contributed by atoms with Gasteiger partial charge in [-0.15, -0.1) is 10.2 Å². The maximum Gasteiger partial charge on any atom is 0.204 e. The highest BCUT2D eigenvalue weighted by Gasteiger charge is 2.13. The SMILES string of the molecule is Cc1ccc(C)c(C(=O)Cn2nnc(-c3ccc(F)cc3)n2)c1. The van der Waals surface area contributed by atoms with Gasteiger partial charge in [-0.2, -0.15) is 4.80 Å². The molecule has 1 aromatic heterocycles. The second-order valence-corrected chi connectivity index (χ2v) is 5.39. The van der Waals surface area contributed by atoms with Gasteiger partial charge in [0.25, 0.3) is 0 Å². The van der Waals surface area contributed by atoms with E-state index in [9.17, 15) is 9.18 Å². The summed E-state index contributed by atoms with van der Waals surface area (Å²) in [5.74, 6) is -0.0423. The largest absolute Gasteiger partial charge is 0.292 e. The molecule has 0 spiro atoms. The lowest BCUT2D eigenvalue weighted by Crippen LogP contribution is -2.14. The van der Waals surface area contributed by atoms with Crippen LogP contribution in [-0.2, 0) is 6.54 Å². The zero-order chi connectivity index (χ0) is 16.4. The number of hydrogen-bond donors (Lipinski definition) is 0. The Morgan fingerprint density at radius 3 is 2.61 bits per heavy atom. The van der Waals surface area contributed by atoms with Crippen molar-refractivity contribution in [3.8, 4) is 11.4 Å². The predicted molar refractivity (Wildman–Crippen MR) is 83.5 cm³/mol. The van der Waals surface area contributed by atoms with Gasteiger partial charge in [-0.1, -0.05) is 17.7 Å². The number of Topliss-reactive ketones (excluding diaryl/α,β-unsaturated/α-hetero) is 1. The molecule has 0 bridgehead atoms. The first-order valence-electron chi connectivity index (χ1n) is 7.17. The summed E-state index contributed by atoms with van der Waals surface area (Å²) < 4.78 is 12.9. The number of nitrogens with zero attached hydrogens (tertiary/aromatic N) is 4. The maximum absolute atomic E-state index is 12.9. The molecule has 0 amide bonds. The van der Waals surface area contributed by atoms with Crippen LogP contribution in [0.5, 0.6) is 0 Å². The van der Waals surface area contributed by atoms with Gasteiger partial charge in [0.2, 0.25) is 5.82 Å². The molecular formula is C17H15FN4O. The van der Waals surface area contributed by atoms with Gasteiger partial charge in [0, 0.05) is 11.1 Å². The molecule has 0 atom stereocenters. The zero-order valence-corrected chi connectivity index (χ0v) is 12.8. The van der Waals surface area contributed by atoms with E-state index in [1.54, 1.807) is 12.1 Å². The van der Waals surface area contributed by atoms with E-state index in [1.165, 1.54) is 16.9 Å². The van der Waals surface area contributed by atoms with Gasteiger partial charge >= 0.3 is 0 Å². The van der Waals surface area contributed by atoms with Crippen molar-refractivity contribution in [3.63, 3.8) is 0 Å². The highest BCUT2D eigenvalue weighted by molar-refractivity contribution is 5.97. The van der Waals surface area contributed by atoms with Gasteiger partial charge in [-0.3, -0.25) is 4.79 Å². The molecule has 5 nitrogen and oxygen atoms in total. The summed E-state index contributed by atoms with van der Waals surface area (Å²) in [5, 5.41) is 12.0. The molecule has 116 valence electrons. The van der Waals surface area contributed by atoms with Crippen LogP contribution in [0.4, 0.5) is 4.39 Å². The Kier molecular flexibility index (Phi) is 3.97. The van der Waals surface area contributed by atoms with Gasteiger partial charge in [0.1, 0.15) is 12.4 Å². The monoisotopic (exact) mass is 310 g/mol. The summed E-state index contributed by atoms with van der Waals surface area (Å²) in [6.45, 7) is 3.85. The summed E-state index contributed by atoms with van der Waals surface area (Å²) in [6.07, 6.45) is 0. The number of ketones is 1. The quantitative estimate of drug-likeness (QED) is 0.695. The average Bonchev–Trinajstić information content (AvgIpc) is 2.99. The summed E-state index contributed by atoms with van der Waals surface area (Å²) in [5.41, 5.74) is 3.25. The standard InChI is InChI=1S/C17H15FN4O/c1-11-3-4-12(2)15(9-11)16(23)10-22-20-17(19-21-22)13-5-7-14(18)8-6-13/h3-9H,10H2,1-2H3. The third-order valence-corrected chi connectivity index (χ3v) is 3.53. The number of hydrogen-bond acceptors (Lipinski definition) is 4. The van der Waals surface area contributed by atoms with E-state index in [-0.39, 0.29) is 18.1 Å². The molecule has 3 aromatic rings. The molecule has 0 aliphatic carbocycles. The fraction of sp³-hybridized carbons (Fsp3) is 0.176. The van der Waals surface area contributed by atoms with Crippen molar-refractivity contribution in [2.75, 3.05) is 0 Å². The third kappa shape index (κ3) is 3.31. The fourth-order valence-corrected chi connectivity index (χ4v) is 2.27. The Labute approximate surface area is 132 Å². The second-order valence-electron chi connectivity index (χ2n) is 5.39. The molecule has 0 fully saturated rings. The van der Waals surface area contributed by atoms with Crippen LogP contribution in [0.25, 0.3) is 11.4 Å². The Bertz CT molecular complexity index is 855. The number of carbonyl (C=O) groups is 1. The summed E-state index contributed by atoms with van der Waals surface area (Å²) in [7, 11) is 0. The average molecular weight is 310 g/mol. The normalized spacial score (nSPS) is 10.7. The predicted octanol–water partition coefficient (Wildman–Crippen LogP) is 2.98. The first kappa shape index (κ1) is 15.0. The van der Waals surface area contributed by atoms with Gasteiger partial charge < -0.3 is 0 Å². The highest BCUT2D eigenvalue weighted by Crippen LogP contribution is 2.15. The lowest BCUT2D eigenvalue weighted by Gasteiger charge is -2.05. The van der Waals surface area contributed by atoms with E-state index >= 15 is 0 Å². The minimum absolute atomic E-state index is 0.0124. The second kappa shape index (κ2) is 6.08. The van der Waals surface area contributed by atoms with Crippen LogP contribution in [-0.4, -0.2) is 26.0 Å². The van der Waals surface area contributed by atoms with Crippen LogP contribution in [0, 0.1) is 19.7 Å². The van der Waals surface area contributed by atoms with Crippen LogP contribution in [0.2, 0.25) is 0 Å². The van der Waals surface area contributed by atoms with Crippen LogP contribution in [0.3, 0.4) is 0 Å². The molecule has 0 saturated carbocycles. The first-order chi connectivity index (χ1) is 11.0. The Morgan fingerprint density at radius 2 is 1.87 bits per heavy atom. The number of carbonyl (C=O) groups excluding carboxylic acids is 1. The Morgan fingerprint density at radius 1 is 1.13 bits per heavy atom. The van der Waals surface area contributed by atoms with Gasteiger partial charge in [-0.25, -0.2) is 4.39 Å². The number of aryl methyl sites for hydroxylation is 2. The Balaban J connectivity index is 1.80. The molecule has 0 aliphatic heterocycles. The number of benzene rings is 2. The van der Waals surface area contributed by atoms with Crippen LogP contribution < -0.4 is 0 Å². The zero-order valence-electron chi connectivity index (χ0n) is 12.8. The molecule has 23 heavy (non-hydrogen) atoms. The molecule has 0 radical (unpaired) electrons. The molecule has 3 rings (SSSR count). The molecular weight excluding hydrogens is 295 g/mol. The number of halogens is 1. The molecule has 1 heterocycles. The van der Waals surface area contributed by atoms with Crippen LogP contribution in [0.15, 0.2) is 42.5 Å². The van der Waals surface area contributed by atoms with Crippen molar-refractivity contribution in [1.29, 1.82) is 0 Å². The molecule has 0 saturated heterocycles. The van der Waals surface area contributed by atoms with Crippen molar-refractivity contribution in [1.82, 2.24) is 20.2 Å². The van der Waals surface area contributed by atoms with Crippen molar-refractivity contribution in [3.05, 3.63) is 65.0 Å². The minimum atomic E-state index is -0.328. The maximum atomic E-state index is 12.9. The Hall–Kier alpha value is -2.89. The minimum Gasteiger partial charge on any atom is -0.292 e. The molecule has 0 N–H and O–H groups in total. The molecule has 0 aliphatic rings. The lowest BCUT2D eigenvalue weighted by molar-refractivity contribution is 0.0960. The first-order valence-corrected chi connectivity index (χ1v) is 7.17. The summed E-state index contributed by atoms with van der Waals surface area (Å²) >= 11 is 0. The van der Waals surface area contributed by atoms with E-state index in [2.05, 4.69) is 15.4 Å².